The molecule has 20 heavy (non-hydrogen) atoms. The zero-order valence-corrected chi connectivity index (χ0v) is 10.6. The molecule has 0 saturated carbocycles. The van der Waals surface area contributed by atoms with Crippen molar-refractivity contribution in [3.05, 3.63) is 35.4 Å². The molecule has 7 heteroatoms. The second-order valence-electron chi connectivity index (χ2n) is 4.51. The van der Waals surface area contributed by atoms with Gasteiger partial charge in [0.25, 0.3) is 0 Å². The average molecular weight is 289 g/mol. The van der Waals surface area contributed by atoms with Crippen LogP contribution >= 0.6 is 0 Å². The molecule has 110 valence electrons. The fraction of sp³-hybridized carbons (Fsp3) is 0.462. The first kappa shape index (κ1) is 14.8. The van der Waals surface area contributed by atoms with Crippen LogP contribution in [0.1, 0.15) is 17.2 Å². The normalized spacial score (nSPS) is 18.8. The third kappa shape index (κ3) is 3.29. The summed E-state index contributed by atoms with van der Waals surface area (Å²) in [6.07, 6.45) is -4.48. The molecule has 2 rings (SSSR count). The number of carbonyl (C=O) groups is 1. The van der Waals surface area contributed by atoms with Gasteiger partial charge in [-0.25, -0.2) is 0 Å². The first-order valence-electron chi connectivity index (χ1n) is 6.11. The van der Waals surface area contributed by atoms with Crippen molar-refractivity contribution in [1.82, 2.24) is 4.90 Å². The number of alkyl halides is 3. The standard InChI is InChI=1S/C13H14F3NO3/c14-13(15,16)10-3-1-2-9(8-10)11(12(18)19)17-4-6-20-7-5-17/h1-3,8,11H,4-7H2,(H,18,19). The van der Waals surface area contributed by atoms with Crippen LogP contribution in [0.25, 0.3) is 0 Å². The van der Waals surface area contributed by atoms with Crippen LogP contribution in [0.15, 0.2) is 24.3 Å². The van der Waals surface area contributed by atoms with Crippen LogP contribution in [0.3, 0.4) is 0 Å². The number of rotatable bonds is 3. The molecular weight excluding hydrogens is 275 g/mol. The summed E-state index contributed by atoms with van der Waals surface area (Å²) in [4.78, 5) is 13.0. The molecule has 0 radical (unpaired) electrons. The Bertz CT molecular complexity index is 484. The SMILES string of the molecule is O=C(O)C(c1cccc(C(F)(F)F)c1)N1CCOCC1. The van der Waals surface area contributed by atoms with Crippen molar-refractivity contribution in [3.63, 3.8) is 0 Å². The van der Waals surface area contributed by atoms with Crippen LogP contribution in [0.2, 0.25) is 0 Å². The number of benzene rings is 1. The van der Waals surface area contributed by atoms with Crippen molar-refractivity contribution >= 4 is 5.97 Å². The first-order chi connectivity index (χ1) is 9.39. The van der Waals surface area contributed by atoms with E-state index in [0.29, 0.717) is 26.3 Å². The van der Waals surface area contributed by atoms with Crippen molar-refractivity contribution in [2.75, 3.05) is 26.3 Å². The highest BCUT2D eigenvalue weighted by Crippen LogP contribution is 2.32. The number of carboxylic acids is 1. The Morgan fingerprint density at radius 2 is 1.95 bits per heavy atom. The lowest BCUT2D eigenvalue weighted by atomic mass is 10.0. The summed E-state index contributed by atoms with van der Waals surface area (Å²) in [5, 5.41) is 9.31. The number of carboxylic acid groups (broad SMARTS) is 1. The Hall–Kier alpha value is -1.60. The predicted molar refractivity (Wildman–Crippen MR) is 64.2 cm³/mol. The summed E-state index contributed by atoms with van der Waals surface area (Å²) in [6, 6.07) is 3.38. The molecule has 4 nitrogen and oxygen atoms in total. The Labute approximate surface area is 113 Å². The van der Waals surface area contributed by atoms with Crippen LogP contribution in [-0.2, 0) is 15.7 Å². The van der Waals surface area contributed by atoms with Gasteiger partial charge < -0.3 is 9.84 Å². The molecule has 1 saturated heterocycles. The van der Waals surface area contributed by atoms with Gasteiger partial charge in [0, 0.05) is 13.1 Å². The van der Waals surface area contributed by atoms with Crippen molar-refractivity contribution in [2.24, 2.45) is 0 Å². The molecule has 0 spiro atoms. The highest BCUT2D eigenvalue weighted by molar-refractivity contribution is 5.75. The summed E-state index contributed by atoms with van der Waals surface area (Å²) >= 11 is 0. The van der Waals surface area contributed by atoms with E-state index in [-0.39, 0.29) is 5.56 Å². The quantitative estimate of drug-likeness (QED) is 0.926. The maximum absolute atomic E-state index is 12.7. The molecule has 1 aliphatic rings. The van der Waals surface area contributed by atoms with Crippen molar-refractivity contribution in [1.29, 1.82) is 0 Å². The van der Waals surface area contributed by atoms with E-state index in [2.05, 4.69) is 0 Å². The Morgan fingerprint density at radius 3 is 2.50 bits per heavy atom. The van der Waals surface area contributed by atoms with Crippen molar-refractivity contribution < 1.29 is 27.8 Å². The van der Waals surface area contributed by atoms with Crippen LogP contribution in [-0.4, -0.2) is 42.3 Å². The van der Waals surface area contributed by atoms with Crippen LogP contribution < -0.4 is 0 Å². The maximum atomic E-state index is 12.7. The monoisotopic (exact) mass is 289 g/mol. The van der Waals surface area contributed by atoms with Gasteiger partial charge in [-0.2, -0.15) is 13.2 Å². The number of ether oxygens (including phenoxy) is 1. The van der Waals surface area contributed by atoms with Crippen molar-refractivity contribution in [2.45, 2.75) is 12.2 Å². The minimum Gasteiger partial charge on any atom is -0.480 e. The Kier molecular flexibility index (Phi) is 4.29. The van der Waals surface area contributed by atoms with Gasteiger partial charge in [-0.15, -0.1) is 0 Å². The van der Waals surface area contributed by atoms with Gasteiger partial charge in [0.15, 0.2) is 0 Å². The summed E-state index contributed by atoms with van der Waals surface area (Å²) in [5.74, 6) is -1.16. The largest absolute Gasteiger partial charge is 0.480 e. The molecule has 1 N–H and O–H groups in total. The van der Waals surface area contributed by atoms with E-state index >= 15 is 0 Å². The number of hydrogen-bond donors (Lipinski definition) is 1. The third-order valence-corrected chi connectivity index (χ3v) is 3.17. The molecule has 1 fully saturated rings. The highest BCUT2D eigenvalue weighted by Gasteiger charge is 2.33. The predicted octanol–water partition coefficient (Wildman–Crippen LogP) is 2.16. The molecule has 1 heterocycles. The van der Waals surface area contributed by atoms with Crippen LogP contribution in [0.5, 0.6) is 0 Å². The lowest BCUT2D eigenvalue weighted by Crippen LogP contribution is -2.42. The molecule has 0 amide bonds. The molecule has 1 aliphatic heterocycles. The summed E-state index contributed by atoms with van der Waals surface area (Å²) in [6.45, 7) is 1.52. The zero-order chi connectivity index (χ0) is 14.8. The number of morpholine rings is 1. The lowest BCUT2D eigenvalue weighted by molar-refractivity contribution is -0.146. The second-order valence-corrected chi connectivity index (χ2v) is 4.51. The molecule has 1 unspecified atom stereocenters. The summed E-state index contributed by atoms with van der Waals surface area (Å²) in [5.41, 5.74) is -0.705. The first-order valence-corrected chi connectivity index (χ1v) is 6.11. The van der Waals surface area contributed by atoms with Crippen molar-refractivity contribution in [3.8, 4) is 0 Å². The molecule has 1 atom stereocenters. The number of halogens is 3. The van der Waals surface area contributed by atoms with Crippen LogP contribution in [0.4, 0.5) is 13.2 Å². The highest BCUT2D eigenvalue weighted by atomic mass is 19.4. The molecule has 1 aromatic carbocycles. The van der Waals surface area contributed by atoms with Gasteiger partial charge >= 0.3 is 12.1 Å². The average Bonchev–Trinajstić information content (AvgIpc) is 2.39. The van der Waals surface area contributed by atoms with Gasteiger partial charge in [0.2, 0.25) is 0 Å². The smallest absolute Gasteiger partial charge is 0.416 e. The number of aliphatic carboxylic acids is 1. The van der Waals surface area contributed by atoms with Gasteiger partial charge in [0.1, 0.15) is 6.04 Å². The molecule has 0 aromatic heterocycles. The summed E-state index contributed by atoms with van der Waals surface area (Å²) < 4.78 is 43.2. The topological polar surface area (TPSA) is 49.8 Å². The van der Waals surface area contributed by atoms with E-state index in [1.807, 2.05) is 0 Å². The second kappa shape index (κ2) is 5.80. The van der Waals surface area contributed by atoms with Gasteiger partial charge in [-0.05, 0) is 17.7 Å². The van der Waals surface area contributed by atoms with E-state index in [9.17, 15) is 23.1 Å². The molecule has 1 aromatic rings. The Morgan fingerprint density at radius 1 is 1.30 bits per heavy atom. The van der Waals surface area contributed by atoms with E-state index < -0.39 is 23.8 Å². The lowest BCUT2D eigenvalue weighted by Gasteiger charge is -2.32. The van der Waals surface area contributed by atoms with E-state index in [1.165, 1.54) is 12.1 Å². The fourth-order valence-corrected chi connectivity index (χ4v) is 2.23. The number of hydrogen-bond acceptors (Lipinski definition) is 3. The van der Waals surface area contributed by atoms with E-state index in [1.54, 1.807) is 4.90 Å². The zero-order valence-electron chi connectivity index (χ0n) is 10.6. The van der Waals surface area contributed by atoms with E-state index in [0.717, 1.165) is 12.1 Å². The third-order valence-electron chi connectivity index (χ3n) is 3.17. The molecular formula is C13H14F3NO3. The minimum atomic E-state index is -4.48. The van der Waals surface area contributed by atoms with Gasteiger partial charge in [-0.3, -0.25) is 9.69 Å². The minimum absolute atomic E-state index is 0.134. The Balaban J connectivity index is 2.32. The van der Waals surface area contributed by atoms with Gasteiger partial charge in [-0.1, -0.05) is 12.1 Å². The molecule has 0 bridgehead atoms. The molecule has 0 aliphatic carbocycles. The summed E-state index contributed by atoms with van der Waals surface area (Å²) in [7, 11) is 0. The number of nitrogens with zero attached hydrogens (tertiary/aromatic N) is 1. The fourth-order valence-electron chi connectivity index (χ4n) is 2.23. The van der Waals surface area contributed by atoms with E-state index in [4.69, 9.17) is 4.74 Å². The van der Waals surface area contributed by atoms with Gasteiger partial charge in [0.05, 0.1) is 18.8 Å². The maximum Gasteiger partial charge on any atom is 0.416 e. The van der Waals surface area contributed by atoms with Crippen LogP contribution in [0, 0.1) is 0 Å².